The summed E-state index contributed by atoms with van der Waals surface area (Å²) in [6, 6.07) is 12.0. The third kappa shape index (κ3) is 4.13. The molecule has 1 aromatic heterocycles. The Morgan fingerprint density at radius 3 is 2.62 bits per heavy atom. The molecule has 0 bridgehead atoms. The number of fused-ring (bicyclic) bond motifs is 1. The van der Waals surface area contributed by atoms with Crippen molar-refractivity contribution in [3.63, 3.8) is 0 Å². The first-order chi connectivity index (χ1) is 15.4. The van der Waals surface area contributed by atoms with Crippen molar-refractivity contribution in [2.75, 3.05) is 7.11 Å². The zero-order chi connectivity index (χ0) is 22.8. The molecule has 0 radical (unpaired) electrons. The molecule has 0 N–H and O–H groups in total. The lowest BCUT2D eigenvalue weighted by atomic mass is 9.90. The second-order valence-corrected chi connectivity index (χ2v) is 8.24. The predicted octanol–water partition coefficient (Wildman–Crippen LogP) is 4.38. The minimum absolute atomic E-state index is 0.000218. The number of Topliss-reactive ketones (excluding diaryl/α,β-unsaturated/α-hetero) is 2. The number of benzene rings is 2. The largest absolute Gasteiger partial charge is 0.497 e. The lowest BCUT2D eigenvalue weighted by molar-refractivity contribution is -0.122. The van der Waals surface area contributed by atoms with Crippen LogP contribution in [0, 0.1) is 6.92 Å². The van der Waals surface area contributed by atoms with Gasteiger partial charge in [-0.1, -0.05) is 24.3 Å². The molecule has 6 nitrogen and oxygen atoms in total. The Bertz CT molecular complexity index is 1270. The van der Waals surface area contributed by atoms with E-state index in [1.165, 1.54) is 4.57 Å². The number of ether oxygens (including phenoxy) is 1. The van der Waals surface area contributed by atoms with Gasteiger partial charge in [-0.05, 0) is 62.1 Å². The second-order valence-electron chi connectivity index (χ2n) is 8.24. The van der Waals surface area contributed by atoms with E-state index in [0.29, 0.717) is 47.3 Å². The van der Waals surface area contributed by atoms with Crippen molar-refractivity contribution in [1.82, 2.24) is 9.55 Å². The van der Waals surface area contributed by atoms with E-state index < -0.39 is 6.04 Å². The van der Waals surface area contributed by atoms with Crippen LogP contribution in [0.1, 0.15) is 53.5 Å². The molecule has 0 spiro atoms. The Morgan fingerprint density at radius 1 is 1.19 bits per heavy atom. The molecule has 0 aliphatic heterocycles. The molecule has 4 rings (SSSR count). The molecule has 32 heavy (non-hydrogen) atoms. The maximum atomic E-state index is 13.5. The normalized spacial score (nSPS) is 16.4. The van der Waals surface area contributed by atoms with Gasteiger partial charge in [-0.25, -0.2) is 4.98 Å². The summed E-state index contributed by atoms with van der Waals surface area (Å²) in [5, 5.41) is 0.484. The summed E-state index contributed by atoms with van der Waals surface area (Å²) in [5.74, 6) is 1.21. The average molecular weight is 431 g/mol. The highest BCUT2D eigenvalue weighted by Crippen LogP contribution is 2.28. The summed E-state index contributed by atoms with van der Waals surface area (Å²) in [6.07, 6.45) is 2.26. The van der Waals surface area contributed by atoms with E-state index in [9.17, 15) is 14.4 Å². The summed E-state index contributed by atoms with van der Waals surface area (Å²) in [5.41, 5.74) is 2.65. The van der Waals surface area contributed by atoms with E-state index in [1.807, 2.05) is 12.1 Å². The van der Waals surface area contributed by atoms with Crippen LogP contribution < -0.4 is 10.3 Å². The number of nitrogens with zero attached hydrogens (tertiary/aromatic N) is 2. The Kier molecular flexibility index (Phi) is 6.04. The summed E-state index contributed by atoms with van der Waals surface area (Å²) in [6.45, 7) is 5.68. The first kappa shape index (κ1) is 21.7. The summed E-state index contributed by atoms with van der Waals surface area (Å²) < 4.78 is 6.67. The molecule has 164 valence electrons. The first-order valence-corrected chi connectivity index (χ1v) is 10.8. The van der Waals surface area contributed by atoms with Gasteiger partial charge in [0.2, 0.25) is 0 Å². The SMILES string of the molecule is C=C1CCC(n2c(C)nc3cccc(CCC(=O)c4ccc(OC)cc4)c3c2=O)C(=O)C1. The van der Waals surface area contributed by atoms with Crippen LogP contribution in [0.4, 0.5) is 0 Å². The van der Waals surface area contributed by atoms with Crippen LogP contribution in [-0.4, -0.2) is 28.2 Å². The second kappa shape index (κ2) is 8.91. The fourth-order valence-corrected chi connectivity index (χ4v) is 4.39. The van der Waals surface area contributed by atoms with Crippen LogP contribution in [0.2, 0.25) is 0 Å². The number of aryl methyl sites for hydroxylation is 2. The van der Waals surface area contributed by atoms with Crippen LogP contribution >= 0.6 is 0 Å². The van der Waals surface area contributed by atoms with Crippen molar-refractivity contribution in [2.24, 2.45) is 0 Å². The lowest BCUT2D eigenvalue weighted by Crippen LogP contribution is -2.35. The Hall–Kier alpha value is -3.54. The third-order valence-corrected chi connectivity index (χ3v) is 6.10. The minimum Gasteiger partial charge on any atom is -0.497 e. The van der Waals surface area contributed by atoms with Gasteiger partial charge in [-0.2, -0.15) is 0 Å². The van der Waals surface area contributed by atoms with Crippen molar-refractivity contribution >= 4 is 22.5 Å². The maximum Gasteiger partial charge on any atom is 0.262 e. The maximum absolute atomic E-state index is 13.5. The van der Waals surface area contributed by atoms with E-state index in [1.54, 1.807) is 44.4 Å². The number of hydrogen-bond acceptors (Lipinski definition) is 5. The summed E-state index contributed by atoms with van der Waals surface area (Å²) >= 11 is 0. The molecule has 1 aliphatic rings. The third-order valence-electron chi connectivity index (χ3n) is 6.10. The highest BCUT2D eigenvalue weighted by molar-refractivity contribution is 5.96. The Balaban J connectivity index is 1.66. The van der Waals surface area contributed by atoms with Crippen LogP contribution in [0.5, 0.6) is 5.75 Å². The van der Waals surface area contributed by atoms with Crippen molar-refractivity contribution in [3.05, 3.63) is 81.9 Å². The molecule has 0 amide bonds. The number of aromatic nitrogens is 2. The van der Waals surface area contributed by atoms with Gasteiger partial charge < -0.3 is 4.74 Å². The summed E-state index contributed by atoms with van der Waals surface area (Å²) in [4.78, 5) is 43.5. The van der Waals surface area contributed by atoms with Crippen LogP contribution in [0.3, 0.4) is 0 Å². The van der Waals surface area contributed by atoms with Gasteiger partial charge in [0.05, 0.1) is 24.1 Å². The van der Waals surface area contributed by atoms with Gasteiger partial charge in [-0.15, -0.1) is 0 Å². The molecule has 1 fully saturated rings. The highest BCUT2D eigenvalue weighted by Gasteiger charge is 2.28. The van der Waals surface area contributed by atoms with Gasteiger partial charge in [0.25, 0.3) is 5.56 Å². The fourth-order valence-electron chi connectivity index (χ4n) is 4.39. The van der Waals surface area contributed by atoms with Crippen LogP contribution in [0.25, 0.3) is 10.9 Å². The highest BCUT2D eigenvalue weighted by atomic mass is 16.5. The van der Waals surface area contributed by atoms with Gasteiger partial charge in [0.15, 0.2) is 11.6 Å². The van der Waals surface area contributed by atoms with Crippen LogP contribution in [0.15, 0.2) is 59.4 Å². The van der Waals surface area contributed by atoms with Crippen molar-refractivity contribution in [2.45, 2.75) is 45.1 Å². The molecule has 3 aromatic rings. The molecule has 1 saturated carbocycles. The van der Waals surface area contributed by atoms with Crippen molar-refractivity contribution in [3.8, 4) is 5.75 Å². The number of allylic oxidation sites excluding steroid dienone is 1. The standard InChI is InChI=1S/C26H26N2O4/c1-16-7-13-22(24(30)15-16)28-17(2)27-21-6-4-5-19(25(21)26(28)31)10-14-23(29)18-8-11-20(32-3)12-9-18/h4-6,8-9,11-12,22H,1,7,10,13-15H2,2-3H3. The molecule has 1 heterocycles. The van der Waals surface area contributed by atoms with Gasteiger partial charge >= 0.3 is 0 Å². The number of carbonyl (C=O) groups excluding carboxylic acids is 2. The van der Waals surface area contributed by atoms with E-state index >= 15 is 0 Å². The molecular formula is C26H26N2O4. The number of hydrogen-bond donors (Lipinski definition) is 0. The number of rotatable bonds is 6. The quantitative estimate of drug-likeness (QED) is 0.428. The van der Waals surface area contributed by atoms with E-state index in [0.717, 1.165) is 17.6 Å². The average Bonchev–Trinajstić information content (AvgIpc) is 2.78. The van der Waals surface area contributed by atoms with E-state index in [4.69, 9.17) is 4.74 Å². The predicted molar refractivity (Wildman–Crippen MR) is 123 cm³/mol. The molecule has 1 atom stereocenters. The number of ketones is 2. The smallest absolute Gasteiger partial charge is 0.262 e. The monoisotopic (exact) mass is 430 g/mol. The Labute approximate surface area is 186 Å². The zero-order valence-corrected chi connectivity index (χ0v) is 18.4. The topological polar surface area (TPSA) is 78.3 Å². The van der Waals surface area contributed by atoms with Crippen molar-refractivity contribution in [1.29, 1.82) is 0 Å². The molecular weight excluding hydrogens is 404 g/mol. The van der Waals surface area contributed by atoms with E-state index in [2.05, 4.69) is 11.6 Å². The van der Waals surface area contributed by atoms with Gasteiger partial charge in [-0.3, -0.25) is 19.0 Å². The van der Waals surface area contributed by atoms with Crippen LogP contribution in [-0.2, 0) is 11.2 Å². The minimum atomic E-state index is -0.515. The molecule has 6 heteroatoms. The Morgan fingerprint density at radius 2 is 1.94 bits per heavy atom. The van der Waals surface area contributed by atoms with Gasteiger partial charge in [0.1, 0.15) is 11.6 Å². The lowest BCUT2D eigenvalue weighted by Gasteiger charge is -2.26. The molecule has 1 aliphatic carbocycles. The fraction of sp³-hybridized carbons (Fsp3) is 0.308. The van der Waals surface area contributed by atoms with Crippen molar-refractivity contribution < 1.29 is 14.3 Å². The number of carbonyl (C=O) groups is 2. The molecule has 0 saturated heterocycles. The summed E-state index contributed by atoms with van der Waals surface area (Å²) in [7, 11) is 1.58. The van der Waals surface area contributed by atoms with Gasteiger partial charge in [0, 0.05) is 18.4 Å². The zero-order valence-electron chi connectivity index (χ0n) is 18.4. The molecule has 1 unspecified atom stereocenters. The van der Waals surface area contributed by atoms with E-state index in [-0.39, 0.29) is 23.5 Å². The first-order valence-electron chi connectivity index (χ1n) is 10.8. The number of methoxy groups -OCH3 is 1. The molecule has 2 aromatic carbocycles.